The number of anilines is 2. The number of hydrogen-bond acceptors (Lipinski definition) is 7. The third-order valence-corrected chi connectivity index (χ3v) is 4.51. The molecule has 2 aromatic heterocycles. The highest BCUT2D eigenvalue weighted by atomic mass is 19.1. The monoisotopic (exact) mass is 432 g/mol. The fourth-order valence-corrected chi connectivity index (χ4v) is 2.81. The van der Waals surface area contributed by atoms with E-state index in [4.69, 9.17) is 4.52 Å². The van der Waals surface area contributed by atoms with Crippen molar-refractivity contribution in [1.29, 1.82) is 0 Å². The van der Waals surface area contributed by atoms with Gasteiger partial charge in [-0.2, -0.15) is 4.98 Å². The van der Waals surface area contributed by atoms with Gasteiger partial charge in [0.2, 0.25) is 5.82 Å². The van der Waals surface area contributed by atoms with Crippen LogP contribution in [-0.4, -0.2) is 26.9 Å². The van der Waals surface area contributed by atoms with E-state index in [1.165, 1.54) is 24.3 Å². The molecule has 2 heterocycles. The number of benzene rings is 2. The van der Waals surface area contributed by atoms with Crippen molar-refractivity contribution in [3.8, 4) is 11.4 Å². The Balaban J connectivity index is 1.43. The fourth-order valence-electron chi connectivity index (χ4n) is 2.81. The average molecular weight is 432 g/mol. The number of amides is 2. The van der Waals surface area contributed by atoms with Gasteiger partial charge in [0.25, 0.3) is 11.8 Å². The maximum absolute atomic E-state index is 13.9. The largest absolute Gasteiger partial charge is 0.340 e. The number of hydrazine groups is 1. The zero-order valence-electron chi connectivity index (χ0n) is 16.8. The van der Waals surface area contributed by atoms with Crippen LogP contribution >= 0.6 is 0 Å². The highest BCUT2D eigenvalue weighted by Gasteiger charge is 2.15. The summed E-state index contributed by atoms with van der Waals surface area (Å²) in [5, 5.41) is 6.46. The van der Waals surface area contributed by atoms with Gasteiger partial charge < -0.3 is 9.84 Å². The first-order valence-electron chi connectivity index (χ1n) is 9.48. The summed E-state index contributed by atoms with van der Waals surface area (Å²) in [5.74, 6) is -1.42. The van der Waals surface area contributed by atoms with E-state index >= 15 is 0 Å². The molecule has 32 heavy (non-hydrogen) atoms. The van der Waals surface area contributed by atoms with Crippen molar-refractivity contribution in [3.05, 3.63) is 89.5 Å². The first kappa shape index (κ1) is 20.7. The van der Waals surface area contributed by atoms with Gasteiger partial charge in [-0.05, 0) is 48.9 Å². The molecule has 0 saturated heterocycles. The quantitative estimate of drug-likeness (QED) is 0.398. The number of carbonyl (C=O) groups excluding carboxylic acids is 2. The molecule has 0 radical (unpaired) electrons. The van der Waals surface area contributed by atoms with Crippen molar-refractivity contribution < 1.29 is 18.5 Å². The van der Waals surface area contributed by atoms with Gasteiger partial charge in [-0.25, -0.2) is 9.82 Å². The molecule has 9 nitrogen and oxygen atoms in total. The minimum Gasteiger partial charge on any atom is -0.322 e. The van der Waals surface area contributed by atoms with E-state index in [0.29, 0.717) is 22.6 Å². The molecule has 2 amide bonds. The Morgan fingerprint density at radius 2 is 1.78 bits per heavy atom. The second-order valence-electron chi connectivity index (χ2n) is 6.70. The van der Waals surface area contributed by atoms with Crippen LogP contribution in [0.4, 0.5) is 16.1 Å². The number of aryl methyl sites for hydroxylation is 1. The first-order valence-corrected chi connectivity index (χ1v) is 9.48. The molecule has 160 valence electrons. The van der Waals surface area contributed by atoms with Crippen molar-refractivity contribution >= 4 is 23.5 Å². The molecule has 0 unspecified atom stereocenters. The first-order chi connectivity index (χ1) is 15.5. The number of pyridine rings is 1. The lowest BCUT2D eigenvalue weighted by Crippen LogP contribution is -2.29. The van der Waals surface area contributed by atoms with Crippen LogP contribution in [0.25, 0.3) is 11.4 Å². The van der Waals surface area contributed by atoms with Crippen LogP contribution in [-0.2, 0) is 0 Å². The number of nitrogens with one attached hydrogen (secondary N) is 3. The van der Waals surface area contributed by atoms with Crippen LogP contribution in [0.3, 0.4) is 0 Å². The number of nitrogens with zero attached hydrogens (tertiary/aromatic N) is 3. The molecule has 4 rings (SSSR count). The minimum atomic E-state index is -0.633. The zero-order valence-corrected chi connectivity index (χ0v) is 16.8. The van der Waals surface area contributed by atoms with Crippen LogP contribution in [0.2, 0.25) is 0 Å². The molecule has 0 aliphatic heterocycles. The van der Waals surface area contributed by atoms with Gasteiger partial charge in [-0.3, -0.25) is 20.0 Å². The summed E-state index contributed by atoms with van der Waals surface area (Å²) < 4.78 is 18.9. The Kier molecular flexibility index (Phi) is 5.84. The molecular formula is C22H17FN6O3. The molecule has 4 aromatic rings. The summed E-state index contributed by atoms with van der Waals surface area (Å²) >= 11 is 0. The van der Waals surface area contributed by atoms with E-state index in [-0.39, 0.29) is 17.1 Å². The van der Waals surface area contributed by atoms with Crippen LogP contribution in [0, 0.1) is 12.7 Å². The van der Waals surface area contributed by atoms with Crippen LogP contribution in [0.5, 0.6) is 0 Å². The highest BCUT2D eigenvalue weighted by molar-refractivity contribution is 6.05. The maximum Gasteiger partial charge on any atom is 0.340 e. The summed E-state index contributed by atoms with van der Waals surface area (Å²) in [6, 6.07) is 13.8. The Bertz CT molecular complexity index is 1280. The lowest BCUT2D eigenvalue weighted by molar-refractivity contribution is 0.0959. The highest BCUT2D eigenvalue weighted by Crippen LogP contribution is 2.19. The van der Waals surface area contributed by atoms with E-state index in [2.05, 4.69) is 31.3 Å². The number of halogens is 1. The molecule has 3 N–H and O–H groups in total. The summed E-state index contributed by atoms with van der Waals surface area (Å²) in [5.41, 5.74) is 6.95. The van der Waals surface area contributed by atoms with Crippen molar-refractivity contribution in [3.63, 3.8) is 0 Å². The van der Waals surface area contributed by atoms with Gasteiger partial charge in [0.15, 0.2) is 0 Å². The predicted octanol–water partition coefficient (Wildman–Crippen LogP) is 3.59. The average Bonchev–Trinajstić information content (AvgIpc) is 3.29. The van der Waals surface area contributed by atoms with Crippen LogP contribution in [0.15, 0.2) is 71.5 Å². The number of hydrogen-bond donors (Lipinski definition) is 3. The molecule has 0 saturated carbocycles. The second kappa shape index (κ2) is 9.04. The van der Waals surface area contributed by atoms with E-state index in [0.717, 1.165) is 0 Å². The predicted molar refractivity (Wildman–Crippen MR) is 114 cm³/mol. The van der Waals surface area contributed by atoms with Crippen molar-refractivity contribution in [2.24, 2.45) is 0 Å². The standard InChI is InChI=1S/C22H17FN6O3/c1-13-6-7-15(12-18(13)25-21(31)16-4-2-3-5-17(16)23)20(30)27-28-22-26-19(29-32-22)14-8-10-24-11-9-14/h2-12H,1H3,(H,25,31)(H,27,30)(H,26,28,29). The van der Waals surface area contributed by atoms with Crippen molar-refractivity contribution in [2.45, 2.75) is 6.92 Å². The molecule has 0 aliphatic rings. The minimum absolute atomic E-state index is 0.00893. The van der Waals surface area contributed by atoms with Crippen molar-refractivity contribution in [2.75, 3.05) is 10.7 Å². The van der Waals surface area contributed by atoms with Gasteiger partial charge in [0.05, 0.1) is 5.56 Å². The molecule has 0 atom stereocenters. The molecule has 0 bridgehead atoms. The second-order valence-corrected chi connectivity index (χ2v) is 6.70. The van der Waals surface area contributed by atoms with Crippen molar-refractivity contribution in [1.82, 2.24) is 20.6 Å². The topological polar surface area (TPSA) is 122 Å². The SMILES string of the molecule is Cc1ccc(C(=O)NNc2nc(-c3ccncc3)no2)cc1NC(=O)c1ccccc1F. The lowest BCUT2D eigenvalue weighted by atomic mass is 10.1. The Morgan fingerprint density at radius 3 is 2.56 bits per heavy atom. The third kappa shape index (κ3) is 4.59. The van der Waals surface area contributed by atoms with E-state index in [9.17, 15) is 14.0 Å². The van der Waals surface area contributed by atoms with E-state index < -0.39 is 17.6 Å². The summed E-state index contributed by atoms with van der Waals surface area (Å²) in [7, 11) is 0. The van der Waals surface area contributed by atoms with Crippen LogP contribution in [0.1, 0.15) is 26.3 Å². The third-order valence-electron chi connectivity index (χ3n) is 4.51. The van der Waals surface area contributed by atoms with Crippen LogP contribution < -0.4 is 16.2 Å². The number of aromatic nitrogens is 3. The summed E-state index contributed by atoms with van der Waals surface area (Å²) in [6.45, 7) is 1.76. The fraction of sp³-hybridized carbons (Fsp3) is 0.0455. The zero-order chi connectivity index (χ0) is 22.5. The molecule has 0 spiro atoms. The maximum atomic E-state index is 13.9. The van der Waals surface area contributed by atoms with Gasteiger partial charge in [0, 0.05) is 29.2 Å². The van der Waals surface area contributed by atoms with Gasteiger partial charge >= 0.3 is 6.01 Å². The van der Waals surface area contributed by atoms with Gasteiger partial charge in [-0.15, -0.1) is 0 Å². The molecule has 10 heteroatoms. The lowest BCUT2D eigenvalue weighted by Gasteiger charge is -2.11. The molecule has 0 fully saturated rings. The molecule has 2 aromatic carbocycles. The van der Waals surface area contributed by atoms with Gasteiger partial charge in [0.1, 0.15) is 5.82 Å². The normalized spacial score (nSPS) is 10.4. The van der Waals surface area contributed by atoms with E-state index in [1.807, 2.05) is 0 Å². The molecule has 0 aliphatic carbocycles. The number of carbonyl (C=O) groups is 2. The molecular weight excluding hydrogens is 415 g/mol. The Labute approximate surface area is 181 Å². The Hall–Kier alpha value is -4.60. The summed E-state index contributed by atoms with van der Waals surface area (Å²) in [4.78, 5) is 33.0. The smallest absolute Gasteiger partial charge is 0.322 e. The Morgan fingerprint density at radius 1 is 1.00 bits per heavy atom. The number of rotatable bonds is 6. The van der Waals surface area contributed by atoms with E-state index in [1.54, 1.807) is 49.6 Å². The van der Waals surface area contributed by atoms with Gasteiger partial charge in [-0.1, -0.05) is 23.4 Å². The summed E-state index contributed by atoms with van der Waals surface area (Å²) in [6.07, 6.45) is 3.20.